The monoisotopic (exact) mass is 538 g/mol. The van der Waals surface area contributed by atoms with E-state index in [1.807, 2.05) is 24.3 Å². The first kappa shape index (κ1) is 28.9. The molecule has 9 nitrogen and oxygen atoms in total. The number of carbonyl (C=O) groups excluding carboxylic acids is 1. The van der Waals surface area contributed by atoms with Gasteiger partial charge in [-0.25, -0.2) is 0 Å². The van der Waals surface area contributed by atoms with Crippen molar-refractivity contribution >= 4 is 22.4 Å². The number of anilines is 1. The zero-order chi connectivity index (χ0) is 27.9. The van der Waals surface area contributed by atoms with Crippen LogP contribution in [0, 0.1) is 0 Å². The number of benzene rings is 3. The fraction of sp³-hybridized carbons (Fsp3) is 0.433. The molecule has 0 saturated carbocycles. The largest absolute Gasteiger partial charge is 0.463 e. The Kier molecular flexibility index (Phi) is 9.90. The van der Waals surface area contributed by atoms with E-state index < -0.39 is 43.6 Å². The van der Waals surface area contributed by atoms with Crippen molar-refractivity contribution in [1.82, 2.24) is 5.32 Å². The Morgan fingerprint density at radius 2 is 1.67 bits per heavy atom. The lowest BCUT2D eigenvalue weighted by molar-refractivity contribution is -0.155. The van der Waals surface area contributed by atoms with Gasteiger partial charge in [-0.3, -0.25) is 4.79 Å². The van der Waals surface area contributed by atoms with E-state index in [9.17, 15) is 25.2 Å². The first-order valence-electron chi connectivity index (χ1n) is 13.3. The molecule has 3 aromatic carbocycles. The topological polar surface area (TPSA) is 143 Å². The van der Waals surface area contributed by atoms with E-state index in [4.69, 9.17) is 9.84 Å². The van der Waals surface area contributed by atoms with Gasteiger partial charge in [0.1, 0.15) is 31.0 Å². The minimum atomic E-state index is -1.77. The van der Waals surface area contributed by atoms with E-state index >= 15 is 0 Å². The van der Waals surface area contributed by atoms with E-state index in [1.54, 1.807) is 0 Å². The highest BCUT2D eigenvalue weighted by atomic mass is 16.5. The van der Waals surface area contributed by atoms with E-state index in [1.165, 1.54) is 16.3 Å². The zero-order valence-electron chi connectivity index (χ0n) is 22.1. The van der Waals surface area contributed by atoms with Crippen molar-refractivity contribution in [2.45, 2.75) is 56.3 Å². The Morgan fingerprint density at radius 1 is 0.974 bits per heavy atom. The van der Waals surface area contributed by atoms with Gasteiger partial charge in [0.2, 0.25) is 0 Å². The Morgan fingerprint density at radius 3 is 2.41 bits per heavy atom. The molecule has 1 aliphatic rings. The summed E-state index contributed by atoms with van der Waals surface area (Å²) in [4.78, 5) is 14.5. The molecule has 0 aromatic heterocycles. The fourth-order valence-corrected chi connectivity index (χ4v) is 5.08. The summed E-state index contributed by atoms with van der Waals surface area (Å²) >= 11 is 0. The highest BCUT2D eigenvalue weighted by molar-refractivity contribution is 5.86. The Bertz CT molecular complexity index is 1220. The van der Waals surface area contributed by atoms with Crippen LogP contribution in [0.5, 0.6) is 0 Å². The lowest BCUT2D eigenvalue weighted by atomic mass is 9.99. The third kappa shape index (κ3) is 7.33. The van der Waals surface area contributed by atoms with Crippen LogP contribution in [0.3, 0.4) is 0 Å². The number of aliphatic hydroxyl groups excluding tert-OH is 5. The predicted octanol–water partition coefficient (Wildman–Crippen LogP) is 1.29. The molecule has 39 heavy (non-hydrogen) atoms. The van der Waals surface area contributed by atoms with E-state index in [0.29, 0.717) is 6.04 Å². The Hall–Kier alpha value is -3.05. The van der Waals surface area contributed by atoms with Gasteiger partial charge in [0.25, 0.3) is 0 Å². The van der Waals surface area contributed by atoms with Crippen molar-refractivity contribution < 1.29 is 35.1 Å². The molecule has 0 aliphatic carbocycles. The van der Waals surface area contributed by atoms with Crippen LogP contribution in [0.25, 0.3) is 10.8 Å². The molecule has 1 saturated heterocycles. The molecule has 0 amide bonds. The summed E-state index contributed by atoms with van der Waals surface area (Å²) in [6, 6.07) is 23.1. The zero-order valence-corrected chi connectivity index (χ0v) is 22.1. The second-order valence-corrected chi connectivity index (χ2v) is 10.2. The van der Waals surface area contributed by atoms with Gasteiger partial charge in [-0.1, -0.05) is 54.6 Å². The maximum Gasteiger partial charge on any atom is 0.310 e. The minimum Gasteiger partial charge on any atom is -0.463 e. The van der Waals surface area contributed by atoms with Crippen molar-refractivity contribution in [3.05, 3.63) is 77.9 Å². The van der Waals surface area contributed by atoms with E-state index in [-0.39, 0.29) is 12.5 Å². The van der Waals surface area contributed by atoms with Gasteiger partial charge in [-0.05, 0) is 47.4 Å². The van der Waals surface area contributed by atoms with Gasteiger partial charge >= 0.3 is 5.97 Å². The van der Waals surface area contributed by atoms with Crippen LogP contribution >= 0.6 is 0 Å². The van der Waals surface area contributed by atoms with Crippen LogP contribution in [-0.2, 0) is 16.0 Å². The number of nitrogens with zero attached hydrogens (tertiary/aromatic N) is 1. The molecule has 0 unspecified atom stereocenters. The van der Waals surface area contributed by atoms with E-state index in [2.05, 4.69) is 59.6 Å². The number of ether oxygens (including phenoxy) is 1. The van der Waals surface area contributed by atoms with Crippen molar-refractivity contribution in [2.24, 2.45) is 0 Å². The standard InChI is InChI=1S/C30H38N2O7/c1-19(24-8-4-6-21-5-2-3-7-25(21)24)31-22-13-14-32(16-22)23-11-9-20(10-12-23)15-28(36)39-18-27(35)30(38)29(37)26(34)17-33/h2-12,19,22,26-27,29-31,33-35,37-38H,13-18H2,1H3/t19-,22+,26+,27+,29+,30+/m1/s1. The molecule has 1 aliphatic heterocycles. The smallest absolute Gasteiger partial charge is 0.310 e. The second kappa shape index (κ2) is 13.3. The van der Waals surface area contributed by atoms with Crippen molar-refractivity contribution in [3.63, 3.8) is 0 Å². The number of hydrogen-bond acceptors (Lipinski definition) is 9. The van der Waals surface area contributed by atoms with Crippen molar-refractivity contribution in [2.75, 3.05) is 31.2 Å². The first-order valence-corrected chi connectivity index (χ1v) is 13.3. The molecule has 3 aromatic rings. The van der Waals surface area contributed by atoms with E-state index in [0.717, 1.165) is 30.8 Å². The van der Waals surface area contributed by atoms with Gasteiger partial charge in [0.15, 0.2) is 0 Å². The van der Waals surface area contributed by atoms with Crippen molar-refractivity contribution in [1.29, 1.82) is 0 Å². The molecular weight excluding hydrogens is 500 g/mol. The Balaban J connectivity index is 1.25. The summed E-state index contributed by atoms with van der Waals surface area (Å²) < 4.78 is 5.01. The summed E-state index contributed by atoms with van der Waals surface area (Å²) in [5.74, 6) is -0.598. The summed E-state index contributed by atoms with van der Waals surface area (Å²) in [7, 11) is 0. The van der Waals surface area contributed by atoms with Crippen LogP contribution < -0.4 is 10.2 Å². The fourth-order valence-electron chi connectivity index (χ4n) is 5.08. The minimum absolute atomic E-state index is 0.0162. The number of carbonyl (C=O) groups is 1. The molecule has 9 heteroatoms. The Labute approximate surface area is 228 Å². The normalized spacial score (nSPS) is 19.4. The average Bonchev–Trinajstić information content (AvgIpc) is 3.43. The van der Waals surface area contributed by atoms with Crippen LogP contribution in [0.2, 0.25) is 0 Å². The van der Waals surface area contributed by atoms with Crippen molar-refractivity contribution in [3.8, 4) is 0 Å². The maximum atomic E-state index is 12.2. The number of fused-ring (bicyclic) bond motifs is 1. The number of nitrogens with one attached hydrogen (secondary N) is 1. The maximum absolute atomic E-state index is 12.2. The third-order valence-electron chi connectivity index (χ3n) is 7.35. The average molecular weight is 539 g/mol. The third-order valence-corrected chi connectivity index (χ3v) is 7.35. The van der Waals surface area contributed by atoms with Gasteiger partial charge in [0, 0.05) is 30.9 Å². The van der Waals surface area contributed by atoms with Crippen LogP contribution in [0.15, 0.2) is 66.7 Å². The molecule has 0 bridgehead atoms. The molecule has 210 valence electrons. The summed E-state index contributed by atoms with van der Waals surface area (Å²) in [5.41, 5.74) is 3.11. The quantitative estimate of drug-likeness (QED) is 0.188. The highest BCUT2D eigenvalue weighted by Gasteiger charge is 2.31. The first-order chi connectivity index (χ1) is 18.8. The van der Waals surface area contributed by atoms with Gasteiger partial charge in [0.05, 0.1) is 13.0 Å². The lowest BCUT2D eigenvalue weighted by Gasteiger charge is -2.25. The summed E-state index contributed by atoms with van der Waals surface area (Å²) in [6.45, 7) is 2.69. The molecule has 0 radical (unpaired) electrons. The molecule has 4 rings (SSSR count). The van der Waals surface area contributed by atoms with Crippen LogP contribution in [0.4, 0.5) is 5.69 Å². The van der Waals surface area contributed by atoms with Gasteiger partial charge < -0.3 is 40.5 Å². The van der Waals surface area contributed by atoms with Gasteiger partial charge in [-0.2, -0.15) is 0 Å². The van der Waals surface area contributed by atoms with Crippen LogP contribution in [-0.4, -0.2) is 88.3 Å². The number of esters is 1. The predicted molar refractivity (Wildman–Crippen MR) is 148 cm³/mol. The number of aliphatic hydroxyl groups is 5. The molecular formula is C30H38N2O7. The molecule has 1 heterocycles. The summed E-state index contributed by atoms with van der Waals surface area (Å²) in [5, 5.41) is 53.9. The second-order valence-electron chi connectivity index (χ2n) is 10.2. The number of rotatable bonds is 12. The SMILES string of the molecule is C[C@@H](N[C@H]1CCN(c2ccc(CC(=O)OC[C@H](O)[C@H](O)[C@@H](O)[C@@H](O)CO)cc2)C1)c1cccc2ccccc12. The molecule has 0 spiro atoms. The highest BCUT2D eigenvalue weighted by Crippen LogP contribution is 2.27. The van der Waals surface area contributed by atoms with Gasteiger partial charge in [-0.15, -0.1) is 0 Å². The molecule has 1 fully saturated rings. The lowest BCUT2D eigenvalue weighted by Crippen LogP contribution is -2.47. The molecule has 6 atom stereocenters. The van der Waals surface area contributed by atoms with Crippen LogP contribution in [0.1, 0.15) is 30.5 Å². The molecule has 6 N–H and O–H groups in total. The summed E-state index contributed by atoms with van der Waals surface area (Å²) in [6.07, 6.45) is -5.74. The number of hydrogen-bond donors (Lipinski definition) is 6.